The fourth-order valence-electron chi connectivity index (χ4n) is 5.10. The first-order valence-electron chi connectivity index (χ1n) is 18.5. The molecule has 0 fully saturated rings. The van der Waals surface area contributed by atoms with Gasteiger partial charge < -0.3 is 23.8 Å². The fraction of sp³-hybridized carbons (Fsp3) is 0.769. The van der Waals surface area contributed by atoms with Crippen molar-refractivity contribution in [3.63, 3.8) is 0 Å². The maximum atomic E-state index is 12.6. The molecule has 0 bridgehead atoms. The van der Waals surface area contributed by atoms with Crippen molar-refractivity contribution in [3.8, 4) is 0 Å². The van der Waals surface area contributed by atoms with Crippen LogP contribution >= 0.6 is 0 Å². The Kier molecular flexibility index (Phi) is 29.2. The number of nitrogens with zero attached hydrogens (tertiary/aromatic N) is 1. The smallest absolute Gasteiger partial charge is 0.362 e. The average molecular weight is 665 g/mol. The molecule has 0 heterocycles. The number of quaternary nitrogens is 1. The summed E-state index contributed by atoms with van der Waals surface area (Å²) in [4.78, 5) is 36.5. The van der Waals surface area contributed by atoms with Gasteiger partial charge in [0.15, 0.2) is 12.1 Å². The van der Waals surface area contributed by atoms with Crippen LogP contribution in [0.5, 0.6) is 0 Å². The summed E-state index contributed by atoms with van der Waals surface area (Å²) < 4.78 is 17.0. The van der Waals surface area contributed by atoms with Crippen molar-refractivity contribution in [2.24, 2.45) is 0 Å². The molecule has 0 amide bonds. The van der Waals surface area contributed by atoms with E-state index in [-0.39, 0.29) is 49.1 Å². The maximum Gasteiger partial charge on any atom is 0.362 e. The highest BCUT2D eigenvalue weighted by atomic mass is 16.6. The number of unbranched alkanes of at least 4 members (excludes halogenated alkanes) is 13. The number of carbonyl (C=O) groups excluding carboxylic acids is 2. The average Bonchev–Trinajstić information content (AvgIpc) is 3.01. The molecular formula is C39H70NO7+. The van der Waals surface area contributed by atoms with Crippen molar-refractivity contribution in [2.75, 3.05) is 41.0 Å². The van der Waals surface area contributed by atoms with Gasteiger partial charge in [-0.25, -0.2) is 4.79 Å². The predicted molar refractivity (Wildman–Crippen MR) is 192 cm³/mol. The van der Waals surface area contributed by atoms with Crippen LogP contribution < -0.4 is 0 Å². The van der Waals surface area contributed by atoms with Gasteiger partial charge in [-0.1, -0.05) is 108 Å². The molecule has 0 spiro atoms. The number of likely N-dealkylation sites (N-methyl/N-ethyl adjacent to an activating group) is 1. The van der Waals surface area contributed by atoms with Gasteiger partial charge in [0.25, 0.3) is 0 Å². The lowest BCUT2D eigenvalue weighted by Crippen LogP contribution is -2.50. The largest absolute Gasteiger partial charge is 0.477 e. The molecule has 0 aliphatic rings. The number of carboxylic acid groups (broad SMARTS) is 1. The van der Waals surface area contributed by atoms with Gasteiger partial charge in [-0.3, -0.25) is 9.59 Å². The van der Waals surface area contributed by atoms with E-state index in [4.69, 9.17) is 14.2 Å². The fourth-order valence-corrected chi connectivity index (χ4v) is 5.10. The van der Waals surface area contributed by atoms with Gasteiger partial charge in [0.2, 0.25) is 0 Å². The molecule has 0 aliphatic heterocycles. The maximum absolute atomic E-state index is 12.6. The lowest BCUT2D eigenvalue weighted by molar-refractivity contribution is -0.887. The Morgan fingerprint density at radius 3 is 1.79 bits per heavy atom. The minimum absolute atomic E-state index is 0.0388. The minimum Gasteiger partial charge on any atom is -0.477 e. The normalized spacial score (nSPS) is 13.5. The number of ether oxygens (including phenoxy) is 3. The summed E-state index contributed by atoms with van der Waals surface area (Å²) in [6, 6.07) is -0.621. The Hall–Kier alpha value is -2.45. The first-order chi connectivity index (χ1) is 22.6. The monoisotopic (exact) mass is 665 g/mol. The molecule has 8 heteroatoms. The minimum atomic E-state index is -0.886. The Morgan fingerprint density at radius 1 is 0.638 bits per heavy atom. The van der Waals surface area contributed by atoms with Crippen molar-refractivity contribution in [1.82, 2.24) is 0 Å². The van der Waals surface area contributed by atoms with Crippen LogP contribution in [0.1, 0.15) is 142 Å². The molecule has 47 heavy (non-hydrogen) atoms. The van der Waals surface area contributed by atoms with Crippen molar-refractivity contribution >= 4 is 17.9 Å². The van der Waals surface area contributed by atoms with E-state index in [1.54, 1.807) is 0 Å². The number of rotatable bonds is 32. The molecule has 272 valence electrons. The number of hydrogen-bond acceptors (Lipinski definition) is 6. The Labute approximate surface area is 287 Å². The van der Waals surface area contributed by atoms with Gasteiger partial charge in [0.05, 0.1) is 34.4 Å². The van der Waals surface area contributed by atoms with Crippen LogP contribution in [0.3, 0.4) is 0 Å². The molecular weight excluding hydrogens is 594 g/mol. The molecule has 2 unspecified atom stereocenters. The number of allylic oxidation sites excluding steroid dienone is 6. The van der Waals surface area contributed by atoms with E-state index in [0.29, 0.717) is 12.8 Å². The van der Waals surface area contributed by atoms with E-state index in [1.165, 1.54) is 57.8 Å². The van der Waals surface area contributed by atoms with Gasteiger partial charge in [-0.15, -0.1) is 0 Å². The third-order valence-corrected chi connectivity index (χ3v) is 8.05. The summed E-state index contributed by atoms with van der Waals surface area (Å²) in [7, 11) is 5.49. The third-order valence-electron chi connectivity index (χ3n) is 8.05. The summed E-state index contributed by atoms with van der Waals surface area (Å²) in [6.07, 6.45) is 32.2. The highest BCUT2D eigenvalue weighted by Crippen LogP contribution is 2.12. The zero-order valence-electron chi connectivity index (χ0n) is 30.7. The second-order valence-corrected chi connectivity index (χ2v) is 13.5. The molecule has 0 aromatic rings. The molecule has 0 radical (unpaired) electrons. The Balaban J connectivity index is 4.47. The quantitative estimate of drug-likeness (QED) is 0.0252. The summed E-state index contributed by atoms with van der Waals surface area (Å²) in [6.45, 7) is 4.57. The van der Waals surface area contributed by atoms with Gasteiger partial charge in [0, 0.05) is 19.3 Å². The zero-order valence-corrected chi connectivity index (χ0v) is 30.7. The van der Waals surface area contributed by atoms with Crippen LogP contribution in [-0.2, 0) is 28.6 Å². The lowest BCUT2D eigenvalue weighted by atomic mass is 10.1. The zero-order chi connectivity index (χ0) is 35.0. The first-order valence-corrected chi connectivity index (χ1v) is 18.5. The van der Waals surface area contributed by atoms with Gasteiger partial charge >= 0.3 is 17.9 Å². The molecule has 0 saturated heterocycles. The van der Waals surface area contributed by atoms with Gasteiger partial charge in [-0.05, 0) is 51.4 Å². The number of hydrogen-bond donors (Lipinski definition) is 1. The molecule has 0 aromatic carbocycles. The second-order valence-electron chi connectivity index (χ2n) is 13.5. The van der Waals surface area contributed by atoms with Crippen LogP contribution in [-0.4, -0.2) is 80.6 Å². The van der Waals surface area contributed by atoms with Crippen molar-refractivity contribution in [1.29, 1.82) is 0 Å². The van der Waals surface area contributed by atoms with Crippen LogP contribution in [0.4, 0.5) is 0 Å². The number of carboxylic acids is 1. The van der Waals surface area contributed by atoms with Crippen molar-refractivity contribution < 1.29 is 38.2 Å². The van der Waals surface area contributed by atoms with Gasteiger partial charge in [0.1, 0.15) is 6.61 Å². The van der Waals surface area contributed by atoms with E-state index < -0.39 is 18.1 Å². The topological polar surface area (TPSA) is 99.1 Å². The highest BCUT2D eigenvalue weighted by Gasteiger charge is 2.31. The van der Waals surface area contributed by atoms with E-state index in [1.807, 2.05) is 27.2 Å². The van der Waals surface area contributed by atoms with Crippen LogP contribution in [0.2, 0.25) is 0 Å². The second kappa shape index (κ2) is 30.9. The molecule has 8 nitrogen and oxygen atoms in total. The summed E-state index contributed by atoms with van der Waals surface area (Å²) >= 11 is 0. The summed E-state index contributed by atoms with van der Waals surface area (Å²) in [5.41, 5.74) is 0. The Bertz CT molecular complexity index is 875. The van der Waals surface area contributed by atoms with Crippen LogP contribution in [0, 0.1) is 0 Å². The number of carbonyl (C=O) groups is 3. The van der Waals surface area contributed by atoms with E-state index in [0.717, 1.165) is 44.9 Å². The molecule has 0 saturated carbocycles. The molecule has 1 N–H and O–H groups in total. The third kappa shape index (κ3) is 29.4. The SMILES string of the molecule is CCCCC/C=C/CCC(=O)OCC(COCCC(C(=O)O)[N+](C)(C)C)OC(=O)CCCCC/C=C/C=C/CCCCCCCCC. The molecule has 2 atom stereocenters. The van der Waals surface area contributed by atoms with Gasteiger partial charge in [-0.2, -0.15) is 0 Å². The molecule has 0 aliphatic carbocycles. The highest BCUT2D eigenvalue weighted by molar-refractivity contribution is 5.72. The lowest BCUT2D eigenvalue weighted by Gasteiger charge is -2.31. The van der Waals surface area contributed by atoms with E-state index in [9.17, 15) is 19.5 Å². The summed E-state index contributed by atoms with van der Waals surface area (Å²) in [5, 5.41) is 9.55. The molecule has 0 rings (SSSR count). The van der Waals surface area contributed by atoms with Crippen LogP contribution in [0.25, 0.3) is 0 Å². The number of esters is 2. The van der Waals surface area contributed by atoms with Crippen molar-refractivity contribution in [2.45, 2.75) is 154 Å². The number of aliphatic carboxylic acids is 1. The van der Waals surface area contributed by atoms with Crippen LogP contribution in [0.15, 0.2) is 36.5 Å². The summed E-state index contributed by atoms with van der Waals surface area (Å²) in [5.74, 6) is -1.58. The van der Waals surface area contributed by atoms with E-state index in [2.05, 4.69) is 44.2 Å². The van der Waals surface area contributed by atoms with E-state index >= 15 is 0 Å². The first kappa shape index (κ1) is 44.5. The molecule has 0 aromatic heterocycles. The van der Waals surface area contributed by atoms with Crippen molar-refractivity contribution in [3.05, 3.63) is 36.5 Å². The predicted octanol–water partition coefficient (Wildman–Crippen LogP) is 9.13. The Morgan fingerprint density at radius 2 is 1.17 bits per heavy atom. The standard InChI is InChI=1S/C39H69NO7/c1-6-8-10-12-14-15-16-17-18-19-20-21-22-24-26-28-30-38(42)47-35(33-45-32-31-36(39(43)44)40(3,4)5)34-46-37(41)29-27-25-23-13-11-9-7-2/h18-21,23,25,35-36H,6-17,22,24,26-34H2,1-5H3/p+1/b19-18+,21-20+,25-23+.